The van der Waals surface area contributed by atoms with Gasteiger partial charge >= 0.3 is 7.12 Å². The summed E-state index contributed by atoms with van der Waals surface area (Å²) in [6.45, 7) is 10.9. The van der Waals surface area contributed by atoms with Gasteiger partial charge in [-0.05, 0) is 102 Å². The molecule has 4 rings (SSSR count). The van der Waals surface area contributed by atoms with E-state index in [0.717, 1.165) is 57.1 Å². The Kier molecular flexibility index (Phi) is 10.0. The quantitative estimate of drug-likeness (QED) is 0.300. The molecule has 12 heteroatoms. The van der Waals surface area contributed by atoms with Crippen molar-refractivity contribution in [3.63, 3.8) is 0 Å². The Morgan fingerprint density at radius 2 is 1.79 bits per heavy atom. The Labute approximate surface area is 237 Å². The summed E-state index contributed by atoms with van der Waals surface area (Å²) in [5.74, 6) is 0.559. The van der Waals surface area contributed by atoms with Crippen LogP contribution < -0.4 is 10.6 Å². The van der Waals surface area contributed by atoms with Gasteiger partial charge in [0.25, 0.3) is 0 Å². The smallest absolute Gasteiger partial charge is 0.403 e. The lowest BCUT2D eigenvalue weighted by Crippen LogP contribution is -2.43. The van der Waals surface area contributed by atoms with Gasteiger partial charge in [0.05, 0.1) is 17.2 Å². The van der Waals surface area contributed by atoms with Crippen LogP contribution in [0.3, 0.4) is 0 Å². The third-order valence-electron chi connectivity index (χ3n) is 8.21. The third-order valence-corrected chi connectivity index (χ3v) is 8.46. The molecular formula is C27H43BClN7O3. The van der Waals surface area contributed by atoms with E-state index >= 15 is 0 Å². The molecule has 0 spiro atoms. The van der Waals surface area contributed by atoms with Gasteiger partial charge in [0.1, 0.15) is 6.54 Å². The predicted octanol–water partition coefficient (Wildman–Crippen LogP) is 3.63. The fraction of sp³-hybridized carbons (Fsp3) is 0.704. The third kappa shape index (κ3) is 8.23. The zero-order valence-electron chi connectivity index (χ0n) is 24.0. The average Bonchev–Trinajstić information content (AvgIpc) is 3.42. The summed E-state index contributed by atoms with van der Waals surface area (Å²) in [4.78, 5) is 15.1. The van der Waals surface area contributed by atoms with Gasteiger partial charge in [-0.15, -0.1) is 5.10 Å². The van der Waals surface area contributed by atoms with Crippen LogP contribution in [0.2, 0.25) is 11.3 Å². The van der Waals surface area contributed by atoms with Crippen molar-refractivity contribution in [1.82, 2.24) is 35.7 Å². The van der Waals surface area contributed by atoms with E-state index in [9.17, 15) is 4.79 Å². The molecule has 0 bridgehead atoms. The summed E-state index contributed by atoms with van der Waals surface area (Å²) < 4.78 is 14.0. The van der Waals surface area contributed by atoms with E-state index in [0.29, 0.717) is 23.4 Å². The highest BCUT2D eigenvalue weighted by atomic mass is 35.5. The van der Waals surface area contributed by atoms with Crippen LogP contribution in [0.5, 0.6) is 0 Å². The van der Waals surface area contributed by atoms with Crippen LogP contribution in [0.1, 0.15) is 77.2 Å². The second-order valence-corrected chi connectivity index (χ2v) is 12.3. The van der Waals surface area contributed by atoms with Crippen molar-refractivity contribution in [3.8, 4) is 0 Å². The Morgan fingerprint density at radius 3 is 2.46 bits per heavy atom. The number of hydrogen-bond donors (Lipinski definition) is 2. The molecule has 2 aliphatic rings. The first kappa shape index (κ1) is 29.9. The van der Waals surface area contributed by atoms with Crippen molar-refractivity contribution in [2.24, 2.45) is 0 Å². The first-order chi connectivity index (χ1) is 18.5. The summed E-state index contributed by atoms with van der Waals surface area (Å²) in [5.41, 5.74) is 0.353. The van der Waals surface area contributed by atoms with Gasteiger partial charge in [-0.3, -0.25) is 4.79 Å². The van der Waals surface area contributed by atoms with Gasteiger partial charge in [-0.25, -0.2) is 4.68 Å². The number of nitrogens with zero attached hydrogens (tertiary/aromatic N) is 5. The molecule has 0 aliphatic carbocycles. The van der Waals surface area contributed by atoms with Crippen LogP contribution in [-0.4, -0.2) is 75.5 Å². The second kappa shape index (κ2) is 13.1. The Balaban J connectivity index is 1.34. The lowest BCUT2D eigenvalue weighted by atomic mass is 9.82. The van der Waals surface area contributed by atoms with Gasteiger partial charge in [-0.1, -0.05) is 36.6 Å². The molecular weight excluding hydrogens is 517 g/mol. The summed E-state index contributed by atoms with van der Waals surface area (Å²) in [6.07, 6.45) is 5.77. The standard InChI is InChI=1S/C27H43BClN7O3/c1-26(2)27(3,4)39-28(38-26)15-7-6-8-23(31-22-13-16-35(5)17-14-22)25-32-33-34-36(25)19-24(37)30-18-20-9-11-21(29)12-10-20/h9-12,22-23,31H,6-8,13-19H2,1-5H3,(H,30,37). The van der Waals surface area contributed by atoms with Gasteiger partial charge in [0, 0.05) is 17.6 Å². The van der Waals surface area contributed by atoms with Crippen LogP contribution in [0.4, 0.5) is 0 Å². The first-order valence-electron chi connectivity index (χ1n) is 14.1. The molecule has 2 saturated heterocycles. The lowest BCUT2D eigenvalue weighted by molar-refractivity contribution is -0.122. The number of amides is 1. The molecule has 0 radical (unpaired) electrons. The molecule has 2 fully saturated rings. The van der Waals surface area contributed by atoms with Crippen LogP contribution in [0.15, 0.2) is 24.3 Å². The van der Waals surface area contributed by atoms with E-state index in [4.69, 9.17) is 20.9 Å². The summed E-state index contributed by atoms with van der Waals surface area (Å²) in [5, 5.41) is 19.9. The number of nitrogens with one attached hydrogen (secondary N) is 2. The molecule has 2 aromatic rings. The van der Waals surface area contributed by atoms with Crippen LogP contribution in [0, 0.1) is 0 Å². The number of likely N-dealkylation sites (tertiary alicyclic amines) is 1. The molecule has 1 atom stereocenters. The monoisotopic (exact) mass is 559 g/mol. The number of carbonyl (C=O) groups excluding carboxylic acids is 1. The molecule has 214 valence electrons. The number of carbonyl (C=O) groups is 1. The minimum Gasteiger partial charge on any atom is -0.403 e. The highest BCUT2D eigenvalue weighted by molar-refractivity contribution is 6.45. The van der Waals surface area contributed by atoms with Gasteiger partial charge in [0.15, 0.2) is 5.82 Å². The van der Waals surface area contributed by atoms with E-state index in [1.807, 2.05) is 24.3 Å². The summed E-state index contributed by atoms with van der Waals surface area (Å²) in [6, 6.07) is 7.77. The Morgan fingerprint density at radius 1 is 1.13 bits per heavy atom. The van der Waals surface area contributed by atoms with Gasteiger partial charge in [0.2, 0.25) is 5.91 Å². The van der Waals surface area contributed by atoms with E-state index in [1.54, 1.807) is 4.68 Å². The molecule has 10 nitrogen and oxygen atoms in total. The van der Waals surface area contributed by atoms with E-state index in [1.165, 1.54) is 0 Å². The normalized spacial score (nSPS) is 20.3. The number of hydrogen-bond acceptors (Lipinski definition) is 8. The minimum atomic E-state index is -0.313. The molecule has 1 unspecified atom stereocenters. The molecule has 2 aliphatic heterocycles. The number of benzene rings is 1. The predicted molar refractivity (Wildman–Crippen MR) is 152 cm³/mol. The number of tetrazole rings is 1. The lowest BCUT2D eigenvalue weighted by Gasteiger charge is -2.32. The largest absolute Gasteiger partial charge is 0.457 e. The minimum absolute atomic E-state index is 0.0456. The fourth-order valence-electron chi connectivity index (χ4n) is 5.06. The Hall–Kier alpha value is -2.05. The van der Waals surface area contributed by atoms with Crippen molar-refractivity contribution in [3.05, 3.63) is 40.7 Å². The maximum atomic E-state index is 12.8. The Bertz CT molecular complexity index is 1060. The van der Waals surface area contributed by atoms with Crippen molar-refractivity contribution in [2.45, 2.75) is 102 Å². The number of rotatable bonds is 12. The molecule has 1 aromatic carbocycles. The topological polar surface area (TPSA) is 106 Å². The highest BCUT2D eigenvalue weighted by Crippen LogP contribution is 2.38. The van der Waals surface area contributed by atoms with Crippen molar-refractivity contribution in [1.29, 1.82) is 0 Å². The SMILES string of the molecule is CN1CCC(NC(CCCCB2OC(C)(C)C(C)(C)O2)c2nnnn2CC(=O)NCc2ccc(Cl)cc2)CC1. The van der Waals surface area contributed by atoms with Crippen LogP contribution in [0.25, 0.3) is 0 Å². The molecule has 0 saturated carbocycles. The zero-order valence-corrected chi connectivity index (χ0v) is 24.7. The van der Waals surface area contributed by atoms with E-state index in [-0.39, 0.29) is 36.8 Å². The van der Waals surface area contributed by atoms with E-state index in [2.05, 4.69) is 65.8 Å². The van der Waals surface area contributed by atoms with Crippen molar-refractivity contribution < 1.29 is 14.1 Å². The second-order valence-electron chi connectivity index (χ2n) is 11.9. The molecule has 3 heterocycles. The number of piperidine rings is 1. The highest BCUT2D eigenvalue weighted by Gasteiger charge is 2.50. The number of halogens is 1. The molecule has 39 heavy (non-hydrogen) atoms. The summed E-state index contributed by atoms with van der Waals surface area (Å²) >= 11 is 5.96. The van der Waals surface area contributed by atoms with Crippen LogP contribution >= 0.6 is 11.6 Å². The fourth-order valence-corrected chi connectivity index (χ4v) is 5.18. The van der Waals surface area contributed by atoms with Gasteiger partial charge < -0.3 is 24.8 Å². The molecule has 1 aromatic heterocycles. The van der Waals surface area contributed by atoms with Crippen molar-refractivity contribution >= 4 is 24.6 Å². The average molecular weight is 560 g/mol. The zero-order chi connectivity index (χ0) is 28.0. The number of aromatic nitrogens is 4. The molecule has 2 N–H and O–H groups in total. The summed E-state index contributed by atoms with van der Waals surface area (Å²) in [7, 11) is 1.97. The molecule has 1 amide bonds. The maximum absolute atomic E-state index is 12.8. The number of unbranched alkanes of at least 4 members (excludes halogenated alkanes) is 1. The van der Waals surface area contributed by atoms with E-state index < -0.39 is 0 Å². The van der Waals surface area contributed by atoms with Gasteiger partial charge in [-0.2, -0.15) is 0 Å². The van der Waals surface area contributed by atoms with Crippen LogP contribution in [-0.2, 0) is 27.2 Å². The van der Waals surface area contributed by atoms with Crippen molar-refractivity contribution in [2.75, 3.05) is 20.1 Å². The first-order valence-corrected chi connectivity index (χ1v) is 14.5. The maximum Gasteiger partial charge on any atom is 0.457 e.